The topological polar surface area (TPSA) is 83.0 Å². The number of halogens is 2. The first-order valence-electron chi connectivity index (χ1n) is 10.5. The van der Waals surface area contributed by atoms with E-state index in [1.807, 2.05) is 47.9 Å². The lowest BCUT2D eigenvalue weighted by Gasteiger charge is -2.08. The molecule has 0 atom stereocenters. The van der Waals surface area contributed by atoms with Crippen LogP contribution in [0.15, 0.2) is 71.5 Å². The second kappa shape index (κ2) is 9.29. The molecule has 0 spiro atoms. The number of rotatable bonds is 7. The van der Waals surface area contributed by atoms with Crippen LogP contribution in [0.5, 0.6) is 5.75 Å². The molecule has 5 rings (SSSR count). The van der Waals surface area contributed by atoms with E-state index in [1.165, 1.54) is 0 Å². The van der Waals surface area contributed by atoms with Crippen molar-refractivity contribution in [1.29, 1.82) is 0 Å². The van der Waals surface area contributed by atoms with Gasteiger partial charge < -0.3 is 13.8 Å². The predicted octanol–water partition coefficient (Wildman–Crippen LogP) is 6.07. The van der Waals surface area contributed by atoms with E-state index in [9.17, 15) is 4.79 Å². The van der Waals surface area contributed by atoms with E-state index in [-0.39, 0.29) is 22.4 Å². The van der Waals surface area contributed by atoms with E-state index in [2.05, 4.69) is 15.1 Å². The normalized spacial score (nSPS) is 11.1. The Hall–Kier alpha value is -3.68. The molecule has 0 aliphatic carbocycles. The van der Waals surface area contributed by atoms with E-state index < -0.39 is 5.78 Å². The molecule has 170 valence electrons. The first-order valence-corrected chi connectivity index (χ1v) is 11.3. The van der Waals surface area contributed by atoms with Gasteiger partial charge >= 0.3 is 0 Å². The van der Waals surface area contributed by atoms with Crippen LogP contribution in [0, 0.1) is 0 Å². The fraction of sp³-hybridized carbons (Fsp3) is 0.120. The van der Waals surface area contributed by atoms with Crippen molar-refractivity contribution >= 4 is 39.9 Å². The molecule has 0 aliphatic rings. The average Bonchev–Trinajstić information content (AvgIpc) is 3.45. The Morgan fingerprint density at radius 2 is 1.94 bits per heavy atom. The van der Waals surface area contributed by atoms with E-state index >= 15 is 0 Å². The van der Waals surface area contributed by atoms with Gasteiger partial charge in [-0.1, -0.05) is 40.5 Å². The number of pyridine rings is 1. The number of hydrogen-bond donors (Lipinski definition) is 0. The monoisotopic (exact) mass is 492 g/mol. The molecule has 3 aromatic heterocycles. The molecule has 0 saturated carbocycles. The zero-order chi connectivity index (χ0) is 23.7. The Kier molecular flexibility index (Phi) is 6.04. The molecule has 34 heavy (non-hydrogen) atoms. The summed E-state index contributed by atoms with van der Waals surface area (Å²) in [5.74, 6) is 0.298. The largest absolute Gasteiger partial charge is 0.494 e. The molecule has 0 aliphatic heterocycles. The van der Waals surface area contributed by atoms with Crippen LogP contribution in [0.3, 0.4) is 0 Å². The Labute approximate surface area is 204 Å². The van der Waals surface area contributed by atoms with Gasteiger partial charge in [-0.05, 0) is 55.0 Å². The molecule has 0 radical (unpaired) electrons. The van der Waals surface area contributed by atoms with Crippen molar-refractivity contribution in [2.24, 2.45) is 0 Å². The summed E-state index contributed by atoms with van der Waals surface area (Å²) in [6.45, 7) is 2.84. The van der Waals surface area contributed by atoms with E-state index in [0.29, 0.717) is 34.9 Å². The fourth-order valence-electron chi connectivity index (χ4n) is 3.74. The van der Waals surface area contributed by atoms with Crippen molar-refractivity contribution in [1.82, 2.24) is 19.7 Å². The van der Waals surface area contributed by atoms with Gasteiger partial charge in [0.05, 0.1) is 23.3 Å². The summed E-state index contributed by atoms with van der Waals surface area (Å²) >= 11 is 12.8. The summed E-state index contributed by atoms with van der Waals surface area (Å²) in [5.41, 5.74) is 2.66. The van der Waals surface area contributed by atoms with Crippen LogP contribution in [0.4, 0.5) is 0 Å². The number of ketones is 1. The van der Waals surface area contributed by atoms with Crippen LogP contribution in [0.2, 0.25) is 10.2 Å². The molecule has 2 aromatic carbocycles. The number of benzene rings is 2. The molecular weight excluding hydrogens is 475 g/mol. The Balaban J connectivity index is 1.61. The van der Waals surface area contributed by atoms with Gasteiger partial charge in [-0.2, -0.15) is 4.98 Å². The van der Waals surface area contributed by atoms with Crippen molar-refractivity contribution in [2.45, 2.75) is 13.5 Å². The van der Waals surface area contributed by atoms with Gasteiger partial charge in [0.2, 0.25) is 11.6 Å². The number of nitrogens with zero attached hydrogens (tertiary/aromatic N) is 4. The van der Waals surface area contributed by atoms with Crippen molar-refractivity contribution in [3.63, 3.8) is 0 Å². The lowest BCUT2D eigenvalue weighted by molar-refractivity contribution is 0.102. The number of carbonyl (C=O) groups excluding carboxylic acids is 1. The van der Waals surface area contributed by atoms with Crippen molar-refractivity contribution in [3.05, 3.63) is 94.1 Å². The van der Waals surface area contributed by atoms with Gasteiger partial charge in [-0.3, -0.25) is 9.78 Å². The molecule has 0 fully saturated rings. The number of carbonyl (C=O) groups is 1. The van der Waals surface area contributed by atoms with Crippen molar-refractivity contribution < 1.29 is 14.1 Å². The van der Waals surface area contributed by atoms with Crippen LogP contribution >= 0.6 is 23.2 Å². The Morgan fingerprint density at radius 1 is 1.12 bits per heavy atom. The summed E-state index contributed by atoms with van der Waals surface area (Å²) in [6.07, 6.45) is 3.22. The van der Waals surface area contributed by atoms with E-state index in [1.54, 1.807) is 30.6 Å². The van der Waals surface area contributed by atoms with Gasteiger partial charge in [0, 0.05) is 29.3 Å². The van der Waals surface area contributed by atoms with Crippen molar-refractivity contribution in [2.75, 3.05) is 6.61 Å². The molecule has 3 heterocycles. The zero-order valence-corrected chi connectivity index (χ0v) is 19.5. The second-order valence-corrected chi connectivity index (χ2v) is 8.28. The minimum atomic E-state index is -0.447. The third kappa shape index (κ3) is 4.16. The first-order chi connectivity index (χ1) is 16.5. The maximum atomic E-state index is 13.5. The van der Waals surface area contributed by atoms with Crippen LogP contribution in [0.1, 0.15) is 28.7 Å². The minimum absolute atomic E-state index is 0.0897. The van der Waals surface area contributed by atoms with Gasteiger partial charge in [0.15, 0.2) is 0 Å². The second-order valence-electron chi connectivity index (χ2n) is 7.48. The maximum absolute atomic E-state index is 13.5. The molecule has 0 N–H and O–H groups in total. The lowest BCUT2D eigenvalue weighted by atomic mass is 10.1. The first kappa shape index (κ1) is 22.1. The Bertz CT molecular complexity index is 1480. The van der Waals surface area contributed by atoms with Crippen LogP contribution in [0.25, 0.3) is 22.4 Å². The summed E-state index contributed by atoms with van der Waals surface area (Å²) in [4.78, 5) is 21.9. The average molecular weight is 493 g/mol. The smallest absolute Gasteiger partial charge is 0.259 e. The summed E-state index contributed by atoms with van der Waals surface area (Å²) in [7, 11) is 0. The highest BCUT2D eigenvalue weighted by atomic mass is 35.5. The van der Waals surface area contributed by atoms with Crippen LogP contribution in [-0.4, -0.2) is 32.1 Å². The lowest BCUT2D eigenvalue weighted by Crippen LogP contribution is -2.05. The molecule has 7 nitrogen and oxygen atoms in total. The predicted molar refractivity (Wildman–Crippen MR) is 130 cm³/mol. The molecule has 0 saturated heterocycles. The van der Waals surface area contributed by atoms with Gasteiger partial charge in [0.25, 0.3) is 5.89 Å². The summed E-state index contributed by atoms with van der Waals surface area (Å²) in [5, 5.41) is 5.46. The maximum Gasteiger partial charge on any atom is 0.259 e. The molecule has 5 aromatic rings. The number of fused-ring (bicyclic) bond motifs is 1. The van der Waals surface area contributed by atoms with Gasteiger partial charge in [0.1, 0.15) is 10.9 Å². The highest BCUT2D eigenvalue weighted by Crippen LogP contribution is 2.35. The highest BCUT2D eigenvalue weighted by Gasteiger charge is 2.27. The molecule has 0 bridgehead atoms. The molecule has 0 unspecified atom stereocenters. The number of hydrogen-bond acceptors (Lipinski definition) is 6. The van der Waals surface area contributed by atoms with Crippen molar-refractivity contribution in [3.8, 4) is 17.2 Å². The standard InChI is InChI=1S/C25H18Cl2N4O3/c1-2-33-18-9-10-20-19(12-18)21(23(27)31(20)14-15-5-7-17(26)8-6-15)22(32)24-29-25(34-30-24)16-4-3-11-28-13-16/h3-13H,2,14H2,1H3. The fourth-order valence-corrected chi connectivity index (χ4v) is 4.20. The van der Waals surface area contributed by atoms with Gasteiger partial charge in [-0.25, -0.2) is 0 Å². The summed E-state index contributed by atoms with van der Waals surface area (Å²) < 4.78 is 12.8. The van der Waals surface area contributed by atoms with E-state index in [0.717, 1.165) is 11.1 Å². The highest BCUT2D eigenvalue weighted by molar-refractivity contribution is 6.37. The molecular formula is C25H18Cl2N4O3. The van der Waals surface area contributed by atoms with Gasteiger partial charge in [-0.15, -0.1) is 0 Å². The summed E-state index contributed by atoms with van der Waals surface area (Å²) in [6, 6.07) is 16.5. The van der Waals surface area contributed by atoms with E-state index in [4.69, 9.17) is 32.5 Å². The third-order valence-electron chi connectivity index (χ3n) is 5.30. The molecule has 9 heteroatoms. The van der Waals surface area contributed by atoms with Crippen LogP contribution < -0.4 is 4.74 Å². The number of aromatic nitrogens is 4. The minimum Gasteiger partial charge on any atom is -0.494 e. The quantitative estimate of drug-likeness (QED) is 0.256. The molecule has 0 amide bonds. The SMILES string of the molecule is CCOc1ccc2c(c1)c(C(=O)c1noc(-c3cccnc3)n1)c(Cl)n2Cc1ccc(Cl)cc1. The third-order valence-corrected chi connectivity index (χ3v) is 5.95. The Morgan fingerprint density at radius 3 is 2.68 bits per heavy atom. The zero-order valence-electron chi connectivity index (χ0n) is 18.0. The number of ether oxygens (including phenoxy) is 1. The van der Waals surface area contributed by atoms with Crippen LogP contribution in [-0.2, 0) is 6.54 Å².